The number of phenols is 1. The minimum Gasteiger partial charge on any atom is -0.534 e. The molecule has 1 aromatic carbocycles. The first-order chi connectivity index (χ1) is 3.79. The van der Waals surface area contributed by atoms with Crippen LogP contribution < -0.4 is 18.9 Å². The largest absolute Gasteiger partial charge is 1.00 e. The van der Waals surface area contributed by atoms with Crippen molar-refractivity contribution in [1.82, 2.24) is 0 Å². The molecule has 0 saturated heterocycles. The van der Waals surface area contributed by atoms with Gasteiger partial charge in [0.2, 0.25) is 0 Å². The normalized spacial score (nSPS) is 8.11. The van der Waals surface area contributed by atoms with Crippen LogP contribution in [0.3, 0.4) is 0 Å². The molecule has 0 atom stereocenters. The summed E-state index contributed by atoms with van der Waals surface area (Å²) in [6, 6.07) is 8.01. The molecule has 0 aliphatic rings. The molecule has 0 amide bonds. The van der Waals surface area contributed by atoms with Gasteiger partial charge in [0.05, 0.1) is 0 Å². The molecule has 0 aliphatic carbocycles. The van der Waals surface area contributed by atoms with Gasteiger partial charge in [0, 0.05) is 5.75 Å². The van der Waals surface area contributed by atoms with Gasteiger partial charge in [-0.05, 0) is 0 Å². The van der Waals surface area contributed by atoms with Crippen molar-refractivity contribution in [2.24, 2.45) is 0 Å². The molecule has 0 radical (unpaired) electrons. The van der Waals surface area contributed by atoms with E-state index < -0.39 is 0 Å². The van der Waals surface area contributed by atoms with Crippen molar-refractivity contribution in [2.45, 2.75) is 6.92 Å². The summed E-state index contributed by atoms with van der Waals surface area (Å²) in [5.74, 6) is 0.213. The number of hydrogen-bond donors (Lipinski definition) is 1. The van der Waals surface area contributed by atoms with Crippen LogP contribution in [0.4, 0.5) is 0 Å². The van der Waals surface area contributed by atoms with Crippen LogP contribution in [-0.4, -0.2) is 5.11 Å². The Hall–Kier alpha value is -0.383. The minimum absolute atomic E-state index is 0. The Morgan fingerprint density at radius 3 is 2.44 bits per heavy atom. The maximum atomic E-state index is 8.76. The maximum absolute atomic E-state index is 8.76. The Labute approximate surface area is 66.9 Å². The standard InChI is InChI=1S/C7H7O.Li/c1-6-3-2-4-7(8)5-6;/h2-4,8H,1H3;/q-1;+1. The van der Waals surface area contributed by atoms with E-state index >= 15 is 0 Å². The van der Waals surface area contributed by atoms with Crippen molar-refractivity contribution in [3.63, 3.8) is 0 Å². The third-order valence-electron chi connectivity index (χ3n) is 0.926. The summed E-state index contributed by atoms with van der Waals surface area (Å²) in [6.07, 6.45) is 0. The topological polar surface area (TPSA) is 20.2 Å². The van der Waals surface area contributed by atoms with E-state index in [2.05, 4.69) is 6.07 Å². The summed E-state index contributed by atoms with van der Waals surface area (Å²) in [5, 5.41) is 8.76. The quantitative estimate of drug-likeness (QED) is 0.321. The number of phenolic OH excluding ortho intramolecular Hbond substituents is 1. The smallest absolute Gasteiger partial charge is 0.534 e. The number of aromatic hydroxyl groups is 1. The fraction of sp³-hybridized carbons (Fsp3) is 0.143. The fourth-order valence-electron chi connectivity index (χ4n) is 0.569. The van der Waals surface area contributed by atoms with E-state index in [0.29, 0.717) is 0 Å². The SMILES string of the molecule is Cc1[c-]c(O)ccc1.[Li+]. The summed E-state index contributed by atoms with van der Waals surface area (Å²) in [4.78, 5) is 0. The van der Waals surface area contributed by atoms with Crippen molar-refractivity contribution in [3.05, 3.63) is 29.8 Å². The zero-order chi connectivity index (χ0) is 5.98. The van der Waals surface area contributed by atoms with Gasteiger partial charge in [-0.25, -0.2) is 0 Å². The van der Waals surface area contributed by atoms with E-state index in [1.165, 1.54) is 0 Å². The predicted molar refractivity (Wildman–Crippen MR) is 31.7 cm³/mol. The molecule has 1 rings (SSSR count). The first-order valence-corrected chi connectivity index (χ1v) is 2.47. The second kappa shape index (κ2) is 3.61. The van der Waals surface area contributed by atoms with Crippen LogP contribution in [0, 0.1) is 13.0 Å². The zero-order valence-electron chi connectivity index (χ0n) is 5.68. The molecule has 0 spiro atoms. The molecule has 1 aromatic rings. The van der Waals surface area contributed by atoms with Crippen LogP contribution in [0.25, 0.3) is 0 Å². The molecule has 0 aromatic heterocycles. The van der Waals surface area contributed by atoms with Crippen LogP contribution in [0.15, 0.2) is 18.2 Å². The van der Waals surface area contributed by atoms with Crippen molar-refractivity contribution < 1.29 is 24.0 Å². The van der Waals surface area contributed by atoms with Gasteiger partial charge in [-0.3, -0.25) is 0 Å². The summed E-state index contributed by atoms with van der Waals surface area (Å²) in [5.41, 5.74) is 0.963. The molecular weight excluding hydrogens is 107 g/mol. The zero-order valence-corrected chi connectivity index (χ0v) is 5.68. The third-order valence-corrected chi connectivity index (χ3v) is 0.926. The second-order valence-electron chi connectivity index (χ2n) is 1.72. The average molecular weight is 114 g/mol. The number of rotatable bonds is 0. The van der Waals surface area contributed by atoms with Gasteiger partial charge in [-0.15, -0.1) is 12.1 Å². The van der Waals surface area contributed by atoms with Gasteiger partial charge in [-0.2, -0.15) is 17.7 Å². The minimum atomic E-state index is 0. The van der Waals surface area contributed by atoms with Crippen molar-refractivity contribution in [1.29, 1.82) is 0 Å². The fourth-order valence-corrected chi connectivity index (χ4v) is 0.569. The van der Waals surface area contributed by atoms with Crippen molar-refractivity contribution >= 4 is 0 Å². The van der Waals surface area contributed by atoms with Crippen LogP contribution in [0.5, 0.6) is 5.75 Å². The summed E-state index contributed by atoms with van der Waals surface area (Å²) < 4.78 is 0. The van der Waals surface area contributed by atoms with E-state index in [-0.39, 0.29) is 24.6 Å². The molecule has 1 nitrogen and oxygen atoms in total. The predicted octanol–water partition coefficient (Wildman–Crippen LogP) is -1.50. The van der Waals surface area contributed by atoms with Crippen molar-refractivity contribution in [3.8, 4) is 5.75 Å². The van der Waals surface area contributed by atoms with Crippen LogP contribution >= 0.6 is 0 Å². The molecule has 0 unspecified atom stereocenters. The molecule has 0 bridgehead atoms. The average Bonchev–Trinajstić information content (AvgIpc) is 1.64. The van der Waals surface area contributed by atoms with E-state index in [1.807, 2.05) is 13.0 Å². The Bertz CT molecular complexity index is 169. The molecule has 42 valence electrons. The van der Waals surface area contributed by atoms with Crippen LogP contribution in [0.1, 0.15) is 5.56 Å². The van der Waals surface area contributed by atoms with Gasteiger partial charge < -0.3 is 5.11 Å². The Morgan fingerprint density at radius 1 is 1.44 bits per heavy atom. The van der Waals surface area contributed by atoms with E-state index in [1.54, 1.807) is 12.1 Å². The molecular formula is C7H7LiO. The number of hydrogen-bond acceptors (Lipinski definition) is 1. The Balaban J connectivity index is 0.000000640. The van der Waals surface area contributed by atoms with Gasteiger partial charge in [-0.1, -0.05) is 6.92 Å². The first-order valence-electron chi connectivity index (χ1n) is 2.47. The van der Waals surface area contributed by atoms with Crippen LogP contribution in [0.2, 0.25) is 0 Å². The molecule has 1 N–H and O–H groups in total. The van der Waals surface area contributed by atoms with E-state index in [0.717, 1.165) is 5.56 Å². The third kappa shape index (κ3) is 2.60. The summed E-state index contributed by atoms with van der Waals surface area (Å²) in [7, 11) is 0. The van der Waals surface area contributed by atoms with E-state index in [9.17, 15) is 0 Å². The maximum Gasteiger partial charge on any atom is 1.00 e. The van der Waals surface area contributed by atoms with Gasteiger partial charge in [0.1, 0.15) is 0 Å². The summed E-state index contributed by atoms with van der Waals surface area (Å²) >= 11 is 0. The Morgan fingerprint density at radius 2 is 2.11 bits per heavy atom. The molecule has 2 heteroatoms. The van der Waals surface area contributed by atoms with Gasteiger partial charge in [0.15, 0.2) is 0 Å². The molecule has 0 fully saturated rings. The number of aryl methyl sites for hydroxylation is 1. The van der Waals surface area contributed by atoms with Crippen molar-refractivity contribution in [2.75, 3.05) is 0 Å². The monoisotopic (exact) mass is 114 g/mol. The molecule has 9 heavy (non-hydrogen) atoms. The van der Waals surface area contributed by atoms with E-state index in [4.69, 9.17) is 5.11 Å². The molecule has 0 saturated carbocycles. The summed E-state index contributed by atoms with van der Waals surface area (Å²) in [6.45, 7) is 1.89. The molecule has 0 aliphatic heterocycles. The molecule has 0 heterocycles. The van der Waals surface area contributed by atoms with Gasteiger partial charge in [0.25, 0.3) is 0 Å². The Kier molecular flexibility index (Phi) is 3.45. The van der Waals surface area contributed by atoms with Gasteiger partial charge >= 0.3 is 18.9 Å². The first kappa shape index (κ1) is 8.62. The second-order valence-corrected chi connectivity index (χ2v) is 1.72. The van der Waals surface area contributed by atoms with Crippen LogP contribution in [-0.2, 0) is 0 Å². The number of benzene rings is 1.